The van der Waals surface area contributed by atoms with Crippen molar-refractivity contribution >= 4 is 35.6 Å². The largest absolute Gasteiger partial charge is 0.480 e. The summed E-state index contributed by atoms with van der Waals surface area (Å²) in [4.78, 5) is 64.1. The third-order valence-corrected chi connectivity index (χ3v) is 4.64. The maximum atomic E-state index is 12.7. The van der Waals surface area contributed by atoms with E-state index in [0.29, 0.717) is 6.42 Å². The number of carboxylic acids is 1. The molecule has 15 nitrogen and oxygen atoms in total. The lowest BCUT2D eigenvalue weighted by molar-refractivity contribution is -0.144. The van der Waals surface area contributed by atoms with Crippen molar-refractivity contribution in [3.63, 3.8) is 0 Å². The zero-order valence-electron chi connectivity index (χ0n) is 19.5. The summed E-state index contributed by atoms with van der Waals surface area (Å²) in [7, 11) is 0. The maximum absolute atomic E-state index is 12.7. The van der Waals surface area contributed by atoms with Crippen LogP contribution >= 0.6 is 0 Å². The number of aliphatic imine (C=N–C) groups is 1. The van der Waals surface area contributed by atoms with E-state index in [9.17, 15) is 34.2 Å². The normalized spacial score (nSPS) is 15.2. The summed E-state index contributed by atoms with van der Waals surface area (Å²) >= 11 is 0. The molecule has 13 N–H and O–H groups in total. The van der Waals surface area contributed by atoms with Crippen LogP contribution in [0.2, 0.25) is 0 Å². The topological polar surface area (TPSA) is 278 Å². The SMILES string of the molecule is CC(C)C(NC(=O)C(NC(=O)C(CC(N)=O)NC(=O)C(N)CCCN=C(N)N)C(C)O)C(=O)O. The van der Waals surface area contributed by atoms with Crippen LogP contribution in [0.5, 0.6) is 0 Å². The molecule has 0 aromatic carbocycles. The van der Waals surface area contributed by atoms with Gasteiger partial charge in [-0.2, -0.15) is 0 Å². The molecule has 0 spiro atoms. The molecule has 0 rings (SSSR count). The van der Waals surface area contributed by atoms with Crippen LogP contribution < -0.4 is 38.9 Å². The molecule has 0 fully saturated rings. The second kappa shape index (κ2) is 14.6. The molecule has 0 aliphatic carbocycles. The van der Waals surface area contributed by atoms with Gasteiger partial charge in [0.2, 0.25) is 23.6 Å². The van der Waals surface area contributed by atoms with Crippen molar-refractivity contribution in [2.45, 2.75) is 70.3 Å². The highest BCUT2D eigenvalue weighted by atomic mass is 16.4. The Labute approximate surface area is 197 Å². The molecule has 0 radical (unpaired) electrons. The molecule has 0 saturated carbocycles. The first-order valence-corrected chi connectivity index (χ1v) is 10.6. The lowest BCUT2D eigenvalue weighted by atomic mass is 10.0. The van der Waals surface area contributed by atoms with E-state index in [-0.39, 0.29) is 18.9 Å². The number of aliphatic hydroxyl groups is 1. The number of hydrogen-bond acceptors (Lipinski definition) is 8. The Morgan fingerprint density at radius 1 is 0.882 bits per heavy atom. The van der Waals surface area contributed by atoms with Crippen molar-refractivity contribution in [3.8, 4) is 0 Å². The first-order chi connectivity index (χ1) is 15.7. The van der Waals surface area contributed by atoms with Gasteiger partial charge in [0.15, 0.2) is 5.96 Å². The van der Waals surface area contributed by atoms with Crippen molar-refractivity contribution < 1.29 is 34.2 Å². The molecule has 0 aliphatic heterocycles. The summed E-state index contributed by atoms with van der Waals surface area (Å²) < 4.78 is 0. The molecule has 15 heteroatoms. The summed E-state index contributed by atoms with van der Waals surface area (Å²) in [5, 5.41) is 25.9. The smallest absolute Gasteiger partial charge is 0.326 e. The molecule has 0 heterocycles. The number of carbonyl (C=O) groups is 5. The number of carboxylic acid groups (broad SMARTS) is 1. The molecule has 0 saturated heterocycles. The quantitative estimate of drug-likeness (QED) is 0.0608. The molecule has 34 heavy (non-hydrogen) atoms. The van der Waals surface area contributed by atoms with E-state index >= 15 is 0 Å². The van der Waals surface area contributed by atoms with Gasteiger partial charge in [0.25, 0.3) is 0 Å². The molecule has 4 amide bonds. The van der Waals surface area contributed by atoms with Crippen molar-refractivity contribution in [1.29, 1.82) is 0 Å². The predicted octanol–water partition coefficient (Wildman–Crippen LogP) is -4.18. The van der Waals surface area contributed by atoms with Gasteiger partial charge in [0.1, 0.15) is 18.1 Å². The number of nitrogens with one attached hydrogen (secondary N) is 3. The van der Waals surface area contributed by atoms with Crippen LogP contribution in [-0.2, 0) is 24.0 Å². The van der Waals surface area contributed by atoms with Gasteiger partial charge in [0, 0.05) is 6.54 Å². The van der Waals surface area contributed by atoms with Gasteiger partial charge in [-0.05, 0) is 25.7 Å². The van der Waals surface area contributed by atoms with E-state index in [4.69, 9.17) is 22.9 Å². The highest BCUT2D eigenvalue weighted by molar-refractivity contribution is 5.96. The summed E-state index contributed by atoms with van der Waals surface area (Å²) in [6.45, 7) is 4.55. The number of hydrogen-bond donors (Lipinski definition) is 9. The van der Waals surface area contributed by atoms with Crippen LogP contribution in [0.4, 0.5) is 0 Å². The van der Waals surface area contributed by atoms with Gasteiger partial charge in [-0.25, -0.2) is 4.79 Å². The van der Waals surface area contributed by atoms with E-state index in [0.717, 1.165) is 0 Å². The summed E-state index contributed by atoms with van der Waals surface area (Å²) in [5.41, 5.74) is 21.4. The number of carbonyl (C=O) groups excluding carboxylic acids is 4. The molecule has 0 aromatic heterocycles. The van der Waals surface area contributed by atoms with Crippen LogP contribution in [0, 0.1) is 5.92 Å². The predicted molar refractivity (Wildman–Crippen MR) is 122 cm³/mol. The van der Waals surface area contributed by atoms with Gasteiger partial charge in [-0.1, -0.05) is 13.8 Å². The van der Waals surface area contributed by atoms with Crippen LogP contribution in [0.15, 0.2) is 4.99 Å². The Kier molecular flexibility index (Phi) is 13.2. The molecular formula is C19H36N8O7. The van der Waals surface area contributed by atoms with E-state index in [1.807, 2.05) is 0 Å². The second-order valence-corrected chi connectivity index (χ2v) is 8.08. The average Bonchev–Trinajstić information content (AvgIpc) is 2.70. The zero-order chi connectivity index (χ0) is 26.6. The van der Waals surface area contributed by atoms with Crippen LogP contribution in [-0.4, -0.2) is 82.6 Å². The lowest BCUT2D eigenvalue weighted by Gasteiger charge is -2.27. The molecule has 0 aliphatic rings. The number of nitrogens with zero attached hydrogens (tertiary/aromatic N) is 1. The molecule has 5 unspecified atom stereocenters. The number of primary amides is 1. The standard InChI is InChI=1S/C19H36N8O7/c1-8(2)13(18(33)34)26-17(32)14(9(3)28)27-16(31)11(7-12(21)29)25-15(30)10(20)5-4-6-24-19(22)23/h8-11,13-14,28H,4-7,20H2,1-3H3,(H2,21,29)(H,25,30)(H,26,32)(H,27,31)(H,33,34)(H4,22,23,24). The van der Waals surface area contributed by atoms with E-state index in [1.165, 1.54) is 6.92 Å². The highest BCUT2D eigenvalue weighted by Crippen LogP contribution is 2.05. The Balaban J connectivity index is 5.33. The monoisotopic (exact) mass is 488 g/mol. The Morgan fingerprint density at radius 2 is 1.44 bits per heavy atom. The van der Waals surface area contributed by atoms with Gasteiger partial charge in [-0.15, -0.1) is 0 Å². The summed E-state index contributed by atoms with van der Waals surface area (Å²) in [5.74, 6) is -5.56. The number of rotatable bonds is 15. The lowest BCUT2D eigenvalue weighted by Crippen LogP contribution is -2.60. The van der Waals surface area contributed by atoms with E-state index < -0.39 is 72.2 Å². The van der Waals surface area contributed by atoms with Crippen LogP contribution in [0.3, 0.4) is 0 Å². The molecule has 5 atom stereocenters. The van der Waals surface area contributed by atoms with Crippen molar-refractivity contribution in [1.82, 2.24) is 16.0 Å². The summed E-state index contributed by atoms with van der Waals surface area (Å²) in [6.07, 6.45) is -1.52. The van der Waals surface area contributed by atoms with E-state index in [2.05, 4.69) is 20.9 Å². The molecule has 194 valence electrons. The number of aliphatic carboxylic acids is 1. The molecule has 0 bridgehead atoms. The Hall–Kier alpha value is -3.46. The molecular weight excluding hydrogens is 452 g/mol. The highest BCUT2D eigenvalue weighted by Gasteiger charge is 2.34. The number of aliphatic hydroxyl groups excluding tert-OH is 1. The van der Waals surface area contributed by atoms with Crippen molar-refractivity contribution in [2.24, 2.45) is 33.8 Å². The van der Waals surface area contributed by atoms with Crippen LogP contribution in [0.1, 0.15) is 40.0 Å². The first-order valence-electron chi connectivity index (χ1n) is 10.6. The fraction of sp³-hybridized carbons (Fsp3) is 0.684. The van der Waals surface area contributed by atoms with Gasteiger partial charge < -0.3 is 49.1 Å². The fourth-order valence-electron chi connectivity index (χ4n) is 2.76. The van der Waals surface area contributed by atoms with E-state index in [1.54, 1.807) is 13.8 Å². The third kappa shape index (κ3) is 11.4. The average molecular weight is 489 g/mol. The fourth-order valence-corrected chi connectivity index (χ4v) is 2.76. The summed E-state index contributed by atoms with van der Waals surface area (Å²) in [6, 6.07) is -5.41. The maximum Gasteiger partial charge on any atom is 0.326 e. The number of amides is 4. The number of nitrogens with two attached hydrogens (primary N) is 4. The van der Waals surface area contributed by atoms with Gasteiger partial charge in [-0.3, -0.25) is 24.2 Å². The second-order valence-electron chi connectivity index (χ2n) is 8.08. The Morgan fingerprint density at radius 3 is 1.88 bits per heavy atom. The number of guanidine groups is 1. The minimum absolute atomic E-state index is 0.115. The van der Waals surface area contributed by atoms with Crippen molar-refractivity contribution in [2.75, 3.05) is 6.54 Å². The van der Waals surface area contributed by atoms with Gasteiger partial charge >= 0.3 is 5.97 Å². The third-order valence-electron chi connectivity index (χ3n) is 4.64. The Bertz CT molecular complexity index is 768. The first kappa shape index (κ1) is 30.5. The zero-order valence-corrected chi connectivity index (χ0v) is 19.5. The van der Waals surface area contributed by atoms with Crippen molar-refractivity contribution in [3.05, 3.63) is 0 Å². The van der Waals surface area contributed by atoms with Gasteiger partial charge in [0.05, 0.1) is 18.6 Å². The van der Waals surface area contributed by atoms with Crippen LogP contribution in [0.25, 0.3) is 0 Å². The minimum atomic E-state index is -1.58. The molecule has 0 aromatic rings. The minimum Gasteiger partial charge on any atom is -0.480 e.